The number of rotatable bonds is 2. The summed E-state index contributed by atoms with van der Waals surface area (Å²) >= 11 is 1.59. The van der Waals surface area contributed by atoms with E-state index in [2.05, 4.69) is 5.32 Å². The molecule has 0 aromatic heterocycles. The highest BCUT2D eigenvalue weighted by molar-refractivity contribution is 8.00. The summed E-state index contributed by atoms with van der Waals surface area (Å²) in [7, 11) is -3.21. The van der Waals surface area contributed by atoms with Crippen LogP contribution < -0.4 is 5.32 Å². The van der Waals surface area contributed by atoms with Gasteiger partial charge >= 0.3 is 6.03 Å². The second-order valence-electron chi connectivity index (χ2n) is 4.98. The third-order valence-corrected chi connectivity index (χ3v) is 6.17. The number of sulfone groups is 1. The van der Waals surface area contributed by atoms with Gasteiger partial charge in [-0.05, 0) is 12.8 Å². The van der Waals surface area contributed by atoms with Crippen molar-refractivity contribution in [3.63, 3.8) is 0 Å². The first-order valence-electron chi connectivity index (χ1n) is 6.32. The Kier molecular flexibility index (Phi) is 4.42. The topological polar surface area (TPSA) is 66.5 Å². The van der Waals surface area contributed by atoms with E-state index >= 15 is 0 Å². The second kappa shape index (κ2) is 5.69. The molecule has 2 amide bonds. The maximum atomic E-state index is 12.2. The standard InChI is InChI=1S/C11H20N2O3S2/c1-18(15,16)10-8-17-7-6-13(10)11(14)12-9-4-2-3-5-9/h9-10H,2-8H2,1H3,(H,12,14). The Morgan fingerprint density at radius 3 is 2.61 bits per heavy atom. The smallest absolute Gasteiger partial charge is 0.318 e. The van der Waals surface area contributed by atoms with Crippen LogP contribution in [-0.4, -0.2) is 55.1 Å². The van der Waals surface area contributed by atoms with Gasteiger partial charge in [0.25, 0.3) is 0 Å². The minimum absolute atomic E-state index is 0.211. The summed E-state index contributed by atoms with van der Waals surface area (Å²) in [5.41, 5.74) is 0. The van der Waals surface area contributed by atoms with Gasteiger partial charge in [0.15, 0.2) is 9.84 Å². The van der Waals surface area contributed by atoms with Crippen molar-refractivity contribution in [1.82, 2.24) is 10.2 Å². The van der Waals surface area contributed by atoms with Gasteiger partial charge in [-0.3, -0.25) is 0 Å². The lowest BCUT2D eigenvalue weighted by atomic mass is 10.2. The van der Waals surface area contributed by atoms with Crippen LogP contribution in [0.2, 0.25) is 0 Å². The summed E-state index contributed by atoms with van der Waals surface area (Å²) in [4.78, 5) is 13.6. The highest BCUT2D eigenvalue weighted by atomic mass is 32.2. The maximum Gasteiger partial charge on any atom is 0.318 e. The van der Waals surface area contributed by atoms with E-state index in [1.807, 2.05) is 0 Å². The van der Waals surface area contributed by atoms with E-state index in [9.17, 15) is 13.2 Å². The molecule has 1 heterocycles. The Morgan fingerprint density at radius 1 is 1.33 bits per heavy atom. The number of nitrogens with one attached hydrogen (secondary N) is 1. The molecule has 0 aromatic carbocycles. The van der Waals surface area contributed by atoms with Gasteiger partial charge in [0.1, 0.15) is 5.37 Å². The van der Waals surface area contributed by atoms with Crippen LogP contribution in [-0.2, 0) is 9.84 Å². The van der Waals surface area contributed by atoms with E-state index in [0.717, 1.165) is 31.4 Å². The van der Waals surface area contributed by atoms with Crippen molar-refractivity contribution in [2.75, 3.05) is 24.3 Å². The minimum Gasteiger partial charge on any atom is -0.335 e. The fourth-order valence-corrected chi connectivity index (χ4v) is 5.31. The van der Waals surface area contributed by atoms with Gasteiger partial charge in [-0.1, -0.05) is 12.8 Å². The molecule has 0 bridgehead atoms. The first-order chi connectivity index (χ1) is 8.48. The zero-order valence-corrected chi connectivity index (χ0v) is 12.2. The van der Waals surface area contributed by atoms with E-state index in [0.29, 0.717) is 12.3 Å². The molecule has 1 saturated heterocycles. The first-order valence-corrected chi connectivity index (χ1v) is 9.43. The molecular weight excluding hydrogens is 272 g/mol. The number of nitrogens with zero attached hydrogens (tertiary/aromatic N) is 1. The predicted octanol–water partition coefficient (Wildman–Crippen LogP) is 1.06. The van der Waals surface area contributed by atoms with Crippen LogP contribution in [0.3, 0.4) is 0 Å². The molecule has 104 valence electrons. The van der Waals surface area contributed by atoms with Gasteiger partial charge in [0.2, 0.25) is 0 Å². The summed E-state index contributed by atoms with van der Waals surface area (Å²) in [5.74, 6) is 1.29. The molecule has 5 nitrogen and oxygen atoms in total. The van der Waals surface area contributed by atoms with E-state index in [1.54, 1.807) is 11.8 Å². The number of urea groups is 1. The lowest BCUT2D eigenvalue weighted by molar-refractivity contribution is 0.192. The summed E-state index contributed by atoms with van der Waals surface area (Å²) < 4.78 is 23.4. The van der Waals surface area contributed by atoms with E-state index in [4.69, 9.17) is 0 Å². The van der Waals surface area contributed by atoms with Gasteiger partial charge in [0.05, 0.1) is 0 Å². The average Bonchev–Trinajstić information content (AvgIpc) is 2.80. The molecular formula is C11H20N2O3S2. The largest absolute Gasteiger partial charge is 0.335 e. The van der Waals surface area contributed by atoms with Crippen molar-refractivity contribution >= 4 is 27.6 Å². The third kappa shape index (κ3) is 3.32. The van der Waals surface area contributed by atoms with E-state index < -0.39 is 15.2 Å². The van der Waals surface area contributed by atoms with Crippen molar-refractivity contribution in [2.24, 2.45) is 0 Å². The van der Waals surface area contributed by atoms with Gasteiger partial charge < -0.3 is 10.2 Å². The Bertz CT molecular complexity index is 405. The molecule has 1 saturated carbocycles. The van der Waals surface area contributed by atoms with E-state index in [1.165, 1.54) is 11.2 Å². The molecule has 1 unspecified atom stereocenters. The molecule has 0 radical (unpaired) electrons. The molecule has 18 heavy (non-hydrogen) atoms. The Balaban J connectivity index is 2.01. The summed E-state index contributed by atoms with van der Waals surface area (Å²) in [5, 5.41) is 2.30. The Labute approximate surface area is 113 Å². The number of carbonyl (C=O) groups excluding carboxylic acids is 1. The second-order valence-corrected chi connectivity index (χ2v) is 8.34. The first kappa shape index (κ1) is 14.0. The van der Waals surface area contributed by atoms with Gasteiger partial charge in [0, 0.05) is 30.3 Å². The molecule has 0 spiro atoms. The number of hydrogen-bond acceptors (Lipinski definition) is 4. The Morgan fingerprint density at radius 2 is 2.00 bits per heavy atom. The summed E-state index contributed by atoms with van der Waals surface area (Å²) in [6, 6.07) is 0.0184. The fourth-order valence-electron chi connectivity index (χ4n) is 2.50. The monoisotopic (exact) mass is 292 g/mol. The van der Waals surface area contributed by atoms with Gasteiger partial charge in [-0.2, -0.15) is 11.8 Å². The fraction of sp³-hybridized carbons (Fsp3) is 0.909. The number of carbonyl (C=O) groups is 1. The number of amides is 2. The van der Waals surface area contributed by atoms with Crippen molar-refractivity contribution in [1.29, 1.82) is 0 Å². The van der Waals surface area contributed by atoms with E-state index in [-0.39, 0.29) is 12.1 Å². The maximum absolute atomic E-state index is 12.2. The number of thioether (sulfide) groups is 1. The van der Waals surface area contributed by atoms with Crippen LogP contribution in [0.5, 0.6) is 0 Å². The molecule has 2 rings (SSSR count). The predicted molar refractivity (Wildman–Crippen MR) is 73.5 cm³/mol. The highest BCUT2D eigenvalue weighted by Gasteiger charge is 2.35. The van der Waals surface area contributed by atoms with Crippen LogP contribution in [0.25, 0.3) is 0 Å². The molecule has 1 atom stereocenters. The van der Waals surface area contributed by atoms with Crippen molar-refractivity contribution in [3.05, 3.63) is 0 Å². The molecule has 2 fully saturated rings. The normalized spacial score (nSPS) is 26.3. The van der Waals surface area contributed by atoms with Crippen LogP contribution in [0.15, 0.2) is 0 Å². The molecule has 1 aliphatic carbocycles. The Hall–Kier alpha value is -0.430. The third-order valence-electron chi connectivity index (χ3n) is 3.52. The van der Waals surface area contributed by atoms with Crippen LogP contribution in [0.4, 0.5) is 4.79 Å². The molecule has 1 aliphatic heterocycles. The van der Waals surface area contributed by atoms with Crippen LogP contribution in [0.1, 0.15) is 25.7 Å². The SMILES string of the molecule is CS(=O)(=O)C1CSCCN1C(=O)NC1CCCC1. The summed E-state index contributed by atoms with van der Waals surface area (Å²) in [6.45, 7) is 0.515. The molecule has 2 aliphatic rings. The van der Waals surface area contributed by atoms with Gasteiger partial charge in [-0.25, -0.2) is 13.2 Å². The minimum atomic E-state index is -3.21. The van der Waals surface area contributed by atoms with Crippen LogP contribution in [0, 0.1) is 0 Å². The molecule has 0 aromatic rings. The average molecular weight is 292 g/mol. The lowest BCUT2D eigenvalue weighted by Crippen LogP contribution is -2.54. The van der Waals surface area contributed by atoms with Gasteiger partial charge in [-0.15, -0.1) is 0 Å². The van der Waals surface area contributed by atoms with Crippen molar-refractivity contribution in [3.8, 4) is 0 Å². The zero-order chi connectivity index (χ0) is 13.2. The van der Waals surface area contributed by atoms with Crippen molar-refractivity contribution in [2.45, 2.75) is 37.1 Å². The quantitative estimate of drug-likeness (QED) is 0.826. The highest BCUT2D eigenvalue weighted by Crippen LogP contribution is 2.22. The molecule has 7 heteroatoms. The number of hydrogen-bond donors (Lipinski definition) is 1. The summed E-state index contributed by atoms with van der Waals surface area (Å²) in [6.07, 6.45) is 5.53. The van der Waals surface area contributed by atoms with Crippen molar-refractivity contribution < 1.29 is 13.2 Å². The molecule has 1 N–H and O–H groups in total. The van der Waals surface area contributed by atoms with Crippen LogP contribution >= 0.6 is 11.8 Å². The lowest BCUT2D eigenvalue weighted by Gasteiger charge is -2.34. The zero-order valence-electron chi connectivity index (χ0n) is 10.6.